The van der Waals surface area contributed by atoms with Crippen LogP contribution in [0.5, 0.6) is 0 Å². The minimum absolute atomic E-state index is 0.259. The third-order valence-electron chi connectivity index (χ3n) is 11.7. The van der Waals surface area contributed by atoms with E-state index in [1.807, 2.05) is 0 Å². The van der Waals surface area contributed by atoms with Crippen LogP contribution in [0.4, 0.5) is 0 Å². The first-order valence-corrected chi connectivity index (χ1v) is 23.8. The maximum Gasteiger partial charge on any atom is 0.249 e. The van der Waals surface area contributed by atoms with E-state index >= 15 is 0 Å². The molecule has 0 spiro atoms. The maximum atomic E-state index is 13.1. The second-order valence-corrected chi connectivity index (χ2v) is 17.2. The minimum atomic E-state index is -1.66. The zero-order valence-electron chi connectivity index (χ0n) is 37.3. The number of nitrogens with one attached hydrogen (secondary N) is 1. The summed E-state index contributed by atoms with van der Waals surface area (Å²) in [5.41, 5.74) is 0.668. The van der Waals surface area contributed by atoms with Crippen molar-refractivity contribution in [1.82, 2.24) is 5.32 Å². The fourth-order valence-corrected chi connectivity index (χ4v) is 7.59. The van der Waals surface area contributed by atoms with E-state index in [4.69, 9.17) is 9.47 Å². The van der Waals surface area contributed by atoms with Crippen LogP contribution in [-0.4, -0.2) is 121 Å². The molecule has 10 atom stereocenters. The zero-order chi connectivity index (χ0) is 43.7. The van der Waals surface area contributed by atoms with E-state index in [-0.39, 0.29) is 6.42 Å². The van der Waals surface area contributed by atoms with Gasteiger partial charge in [-0.05, 0) is 38.2 Å². The van der Waals surface area contributed by atoms with Crippen LogP contribution in [0.25, 0.3) is 0 Å². The summed E-state index contributed by atoms with van der Waals surface area (Å²) in [6, 6.07) is -1.10. The van der Waals surface area contributed by atoms with E-state index in [0.29, 0.717) is 31.3 Å². The monoisotopic (exact) mass is 844 g/mol. The van der Waals surface area contributed by atoms with Crippen molar-refractivity contribution in [2.45, 2.75) is 255 Å². The number of amides is 1. The summed E-state index contributed by atoms with van der Waals surface area (Å²) in [5, 5.41) is 85.7. The van der Waals surface area contributed by atoms with Crippen LogP contribution >= 0.6 is 0 Å². The molecule has 0 aromatic rings. The lowest BCUT2D eigenvalue weighted by atomic mass is 9.99. The van der Waals surface area contributed by atoms with Gasteiger partial charge < -0.3 is 55.6 Å². The van der Waals surface area contributed by atoms with Gasteiger partial charge in [0.15, 0.2) is 6.29 Å². The van der Waals surface area contributed by atoms with Gasteiger partial charge in [-0.2, -0.15) is 0 Å². The minimum Gasteiger partial charge on any atom is -0.394 e. The number of rotatable bonds is 38. The zero-order valence-corrected chi connectivity index (χ0v) is 37.3. The van der Waals surface area contributed by atoms with Gasteiger partial charge >= 0.3 is 0 Å². The van der Waals surface area contributed by atoms with E-state index in [0.717, 1.165) is 44.9 Å². The van der Waals surface area contributed by atoms with Gasteiger partial charge in [0, 0.05) is 0 Å². The highest BCUT2D eigenvalue weighted by Crippen LogP contribution is 2.23. The van der Waals surface area contributed by atoms with E-state index in [1.165, 1.54) is 102 Å². The van der Waals surface area contributed by atoms with Crippen LogP contribution < -0.4 is 5.32 Å². The Bertz CT molecular complexity index is 1060. The molecular weight excluding hydrogens is 755 g/mol. The molecular formula is C47H89NO11. The number of aliphatic hydroxyl groups is 8. The molecule has 0 aromatic heterocycles. The highest BCUT2D eigenvalue weighted by Gasteiger charge is 2.44. The van der Waals surface area contributed by atoms with Crippen molar-refractivity contribution in [2.75, 3.05) is 13.2 Å². The van der Waals surface area contributed by atoms with Crippen molar-refractivity contribution in [3.8, 4) is 0 Å². The SMILES string of the molecule is CCCCCCCCCCCCCCCCCCCC[C@@H](O)C(=O)N[C@@H](CO[C@@H]1O[C@H](CO)[C@@H](O)[C@H](O)[C@H]1O)[C@H](O)/C=C/CCC(O)/C(C)=C/C(O)CCCCCCC. The molecule has 0 saturated carbocycles. The predicted octanol–water partition coefficient (Wildman–Crippen LogP) is 6.81. The Kier molecular flexibility index (Phi) is 34.0. The Labute approximate surface area is 357 Å². The first-order chi connectivity index (χ1) is 28.5. The summed E-state index contributed by atoms with van der Waals surface area (Å²) in [5.74, 6) is -0.688. The van der Waals surface area contributed by atoms with Crippen LogP contribution in [0, 0.1) is 0 Å². The number of hydrogen-bond acceptors (Lipinski definition) is 11. The molecule has 1 saturated heterocycles. The Morgan fingerprint density at radius 2 is 1.12 bits per heavy atom. The first kappa shape index (κ1) is 55.6. The average molecular weight is 844 g/mol. The molecule has 12 nitrogen and oxygen atoms in total. The third kappa shape index (κ3) is 26.6. The number of carbonyl (C=O) groups excluding carboxylic acids is 1. The van der Waals surface area contributed by atoms with Gasteiger partial charge in [-0.15, -0.1) is 0 Å². The van der Waals surface area contributed by atoms with Crippen LogP contribution in [0.3, 0.4) is 0 Å². The highest BCUT2D eigenvalue weighted by molar-refractivity contribution is 5.80. The van der Waals surface area contributed by atoms with Crippen molar-refractivity contribution < 1.29 is 55.1 Å². The van der Waals surface area contributed by atoms with Crippen LogP contribution in [-0.2, 0) is 14.3 Å². The number of carbonyl (C=O) groups is 1. The Morgan fingerprint density at radius 1 is 0.644 bits per heavy atom. The van der Waals surface area contributed by atoms with Crippen LogP contribution in [0.15, 0.2) is 23.8 Å². The first-order valence-electron chi connectivity index (χ1n) is 23.8. The molecule has 0 radical (unpaired) electrons. The molecule has 12 heteroatoms. The van der Waals surface area contributed by atoms with Crippen molar-refractivity contribution in [3.05, 3.63) is 23.8 Å². The number of unbranched alkanes of at least 4 members (excludes halogenated alkanes) is 21. The molecule has 1 heterocycles. The average Bonchev–Trinajstić information content (AvgIpc) is 3.22. The van der Waals surface area contributed by atoms with Crippen LogP contribution in [0.2, 0.25) is 0 Å². The number of ether oxygens (including phenoxy) is 2. The third-order valence-corrected chi connectivity index (χ3v) is 11.7. The van der Waals surface area contributed by atoms with Gasteiger partial charge in [0.05, 0.1) is 37.6 Å². The molecule has 9 N–H and O–H groups in total. The van der Waals surface area contributed by atoms with Gasteiger partial charge in [-0.3, -0.25) is 4.79 Å². The van der Waals surface area contributed by atoms with Gasteiger partial charge in [0.25, 0.3) is 0 Å². The molecule has 2 unspecified atom stereocenters. The number of hydrogen-bond donors (Lipinski definition) is 9. The quantitative estimate of drug-likeness (QED) is 0.0233. The number of allylic oxidation sites excluding steroid dienone is 1. The Hall–Kier alpha value is -1.45. The van der Waals surface area contributed by atoms with Crippen molar-refractivity contribution in [1.29, 1.82) is 0 Å². The van der Waals surface area contributed by atoms with Crippen LogP contribution in [0.1, 0.15) is 194 Å². The smallest absolute Gasteiger partial charge is 0.249 e. The molecule has 0 bridgehead atoms. The molecule has 59 heavy (non-hydrogen) atoms. The second kappa shape index (κ2) is 36.1. The van der Waals surface area contributed by atoms with Gasteiger partial charge in [-0.25, -0.2) is 0 Å². The molecule has 1 rings (SSSR count). The fourth-order valence-electron chi connectivity index (χ4n) is 7.59. The van der Waals surface area contributed by atoms with Crippen molar-refractivity contribution >= 4 is 5.91 Å². The van der Waals surface area contributed by atoms with E-state index in [2.05, 4.69) is 19.2 Å². The lowest BCUT2D eigenvalue weighted by molar-refractivity contribution is -0.302. The van der Waals surface area contributed by atoms with E-state index in [1.54, 1.807) is 19.1 Å². The van der Waals surface area contributed by atoms with Gasteiger partial charge in [-0.1, -0.05) is 180 Å². The fraction of sp³-hybridized carbons (Fsp3) is 0.894. The van der Waals surface area contributed by atoms with E-state index < -0.39 is 80.3 Å². The topological polar surface area (TPSA) is 209 Å². The summed E-state index contributed by atoms with van der Waals surface area (Å²) in [6.45, 7) is 5.16. The molecule has 1 aliphatic rings. The summed E-state index contributed by atoms with van der Waals surface area (Å²) in [7, 11) is 0. The molecule has 348 valence electrons. The lowest BCUT2D eigenvalue weighted by Gasteiger charge is -2.40. The second-order valence-electron chi connectivity index (χ2n) is 17.2. The van der Waals surface area contributed by atoms with Gasteiger partial charge in [0.1, 0.15) is 30.5 Å². The lowest BCUT2D eigenvalue weighted by Crippen LogP contribution is -2.60. The van der Waals surface area contributed by atoms with Gasteiger partial charge in [0.2, 0.25) is 5.91 Å². The molecule has 1 aliphatic heterocycles. The number of aliphatic hydroxyl groups excluding tert-OH is 8. The molecule has 1 amide bonds. The largest absolute Gasteiger partial charge is 0.394 e. The standard InChI is InChI=1S/C47H89NO11/c1-4-6-8-10-11-12-13-14-15-16-17-18-19-20-21-22-24-26-32-41(53)46(57)48-38(35-58-47-45(56)44(55)43(54)42(34-49)59-47)40(52)31-28-27-30-39(51)36(3)33-37(50)29-25-23-9-7-5-2/h28,31,33,37-45,47,49-56H,4-27,29-30,32,34-35H2,1-3H3,(H,48,57)/b31-28+,36-33+/t37?,38-,39?,40+,41+,42+,43+,44-,45+,47+/m0/s1. The highest BCUT2D eigenvalue weighted by atomic mass is 16.7. The Balaban J connectivity index is 2.53. The summed E-state index contributed by atoms with van der Waals surface area (Å²) < 4.78 is 11.1. The summed E-state index contributed by atoms with van der Waals surface area (Å²) in [6.07, 6.45) is 22.8. The molecule has 0 aromatic carbocycles. The normalized spacial score (nSPS) is 22.7. The predicted molar refractivity (Wildman–Crippen MR) is 235 cm³/mol. The Morgan fingerprint density at radius 3 is 1.61 bits per heavy atom. The molecule has 1 fully saturated rings. The van der Waals surface area contributed by atoms with Crippen molar-refractivity contribution in [2.24, 2.45) is 0 Å². The summed E-state index contributed by atoms with van der Waals surface area (Å²) >= 11 is 0. The van der Waals surface area contributed by atoms with Crippen molar-refractivity contribution in [3.63, 3.8) is 0 Å². The summed E-state index contributed by atoms with van der Waals surface area (Å²) in [4.78, 5) is 13.1. The molecule has 0 aliphatic carbocycles. The van der Waals surface area contributed by atoms with E-state index in [9.17, 15) is 45.6 Å². The maximum absolute atomic E-state index is 13.1.